The molecule has 0 radical (unpaired) electrons. The quantitative estimate of drug-likeness (QED) is 0.606. The van der Waals surface area contributed by atoms with Crippen molar-refractivity contribution in [2.45, 2.75) is 6.92 Å². The van der Waals surface area contributed by atoms with E-state index in [1.807, 2.05) is 42.7 Å². The topological polar surface area (TPSA) is 34.8 Å². The van der Waals surface area contributed by atoms with Crippen LogP contribution in [-0.2, 0) is 14.1 Å². The number of imidazole rings is 1. The molecule has 0 aliphatic carbocycles. The van der Waals surface area contributed by atoms with Gasteiger partial charge in [0.1, 0.15) is 6.20 Å². The van der Waals surface area contributed by atoms with Crippen LogP contribution >= 0.6 is 0 Å². The van der Waals surface area contributed by atoms with Crippen molar-refractivity contribution < 1.29 is 8.98 Å². The lowest BCUT2D eigenvalue weighted by molar-refractivity contribution is -0.670. The van der Waals surface area contributed by atoms with E-state index in [9.17, 15) is 0 Å². The zero-order valence-electron chi connectivity index (χ0n) is 7.98. The summed E-state index contributed by atoms with van der Waals surface area (Å²) < 4.78 is 9.29. The Balaban J connectivity index is 2.58. The predicted molar refractivity (Wildman–Crippen MR) is 46.8 cm³/mol. The molecule has 2 rings (SSSR count). The van der Waals surface area contributed by atoms with Crippen LogP contribution in [0.5, 0.6) is 0 Å². The summed E-state index contributed by atoms with van der Waals surface area (Å²) in [6.07, 6.45) is 5.46. The second-order valence-corrected chi connectivity index (χ2v) is 3.17. The smallest absolute Gasteiger partial charge is 0.243 e. The van der Waals surface area contributed by atoms with Crippen LogP contribution in [0.3, 0.4) is 0 Å². The number of oxazole rings is 1. The van der Waals surface area contributed by atoms with Gasteiger partial charge in [0.2, 0.25) is 12.0 Å². The van der Waals surface area contributed by atoms with Gasteiger partial charge in [-0.05, 0) is 6.92 Å². The Kier molecular flexibility index (Phi) is 1.69. The Morgan fingerprint density at radius 2 is 2.31 bits per heavy atom. The van der Waals surface area contributed by atoms with E-state index in [-0.39, 0.29) is 0 Å². The summed E-state index contributed by atoms with van der Waals surface area (Å²) in [7, 11) is 3.96. The molecule has 0 N–H and O–H groups in total. The van der Waals surface area contributed by atoms with Gasteiger partial charge >= 0.3 is 0 Å². The maximum Gasteiger partial charge on any atom is 0.243 e. The zero-order chi connectivity index (χ0) is 9.42. The maximum atomic E-state index is 5.30. The molecule has 0 aliphatic heterocycles. The molecule has 4 heteroatoms. The molecule has 0 saturated heterocycles. The lowest BCUT2D eigenvalue weighted by atomic mass is 10.3. The first-order valence-electron chi connectivity index (χ1n) is 4.10. The number of rotatable bonds is 1. The minimum atomic E-state index is 0.836. The van der Waals surface area contributed by atoms with E-state index >= 15 is 0 Å². The van der Waals surface area contributed by atoms with Crippen molar-refractivity contribution >= 4 is 0 Å². The first-order valence-corrected chi connectivity index (χ1v) is 4.10. The van der Waals surface area contributed by atoms with Crippen molar-refractivity contribution in [3.63, 3.8) is 0 Å². The van der Waals surface area contributed by atoms with Crippen LogP contribution in [0.4, 0.5) is 0 Å². The van der Waals surface area contributed by atoms with Crippen molar-refractivity contribution in [3.8, 4) is 11.5 Å². The normalized spacial score (nSPS) is 10.7. The summed E-state index contributed by atoms with van der Waals surface area (Å²) in [5, 5.41) is 0. The van der Waals surface area contributed by atoms with E-state index in [2.05, 4.69) is 4.98 Å². The van der Waals surface area contributed by atoms with E-state index in [0.29, 0.717) is 0 Å². The highest BCUT2D eigenvalue weighted by atomic mass is 16.3. The van der Waals surface area contributed by atoms with Gasteiger partial charge in [-0.15, -0.1) is 0 Å². The summed E-state index contributed by atoms with van der Waals surface area (Å²) in [5.74, 6) is 0.836. The molecule has 0 fully saturated rings. The summed E-state index contributed by atoms with van der Waals surface area (Å²) in [5.41, 5.74) is 1.96. The summed E-state index contributed by atoms with van der Waals surface area (Å²) >= 11 is 0. The van der Waals surface area contributed by atoms with Gasteiger partial charge in [0.25, 0.3) is 0 Å². The summed E-state index contributed by atoms with van der Waals surface area (Å²) in [4.78, 5) is 4.05. The van der Waals surface area contributed by atoms with Gasteiger partial charge in [-0.2, -0.15) is 0 Å². The lowest BCUT2D eigenvalue weighted by Gasteiger charge is -1.90. The van der Waals surface area contributed by atoms with Gasteiger partial charge < -0.3 is 4.42 Å². The van der Waals surface area contributed by atoms with Crippen LogP contribution in [0, 0.1) is 6.92 Å². The highest BCUT2D eigenvalue weighted by molar-refractivity contribution is 5.52. The van der Waals surface area contributed by atoms with Crippen molar-refractivity contribution in [1.82, 2.24) is 9.55 Å². The van der Waals surface area contributed by atoms with Gasteiger partial charge in [0.05, 0.1) is 19.8 Å². The highest BCUT2D eigenvalue weighted by Crippen LogP contribution is 2.20. The Labute approximate surface area is 76.4 Å². The highest BCUT2D eigenvalue weighted by Gasteiger charge is 2.16. The van der Waals surface area contributed by atoms with Crippen molar-refractivity contribution in [2.24, 2.45) is 14.1 Å². The van der Waals surface area contributed by atoms with Crippen LogP contribution in [-0.4, -0.2) is 9.55 Å². The molecule has 2 aromatic rings. The van der Waals surface area contributed by atoms with Crippen molar-refractivity contribution in [1.29, 1.82) is 0 Å². The minimum absolute atomic E-state index is 0.836. The Hall–Kier alpha value is -1.58. The van der Waals surface area contributed by atoms with Crippen LogP contribution < -0.4 is 4.57 Å². The van der Waals surface area contributed by atoms with Gasteiger partial charge in [0, 0.05) is 0 Å². The number of aryl methyl sites for hydroxylation is 3. The van der Waals surface area contributed by atoms with Crippen LogP contribution in [0.15, 0.2) is 23.3 Å². The minimum Gasteiger partial charge on any atom is -0.439 e. The van der Waals surface area contributed by atoms with E-state index in [1.165, 1.54) is 6.39 Å². The van der Waals surface area contributed by atoms with Crippen LogP contribution in [0.1, 0.15) is 5.69 Å². The average Bonchev–Trinajstić information content (AvgIpc) is 2.58. The van der Waals surface area contributed by atoms with Crippen LogP contribution in [0.25, 0.3) is 11.5 Å². The number of hydrogen-bond donors (Lipinski definition) is 0. The van der Waals surface area contributed by atoms with E-state index in [0.717, 1.165) is 17.1 Å². The Bertz CT molecular complexity index is 428. The molecule has 0 aromatic carbocycles. The molecule has 2 heterocycles. The van der Waals surface area contributed by atoms with Crippen molar-refractivity contribution in [3.05, 3.63) is 24.6 Å². The fourth-order valence-corrected chi connectivity index (χ4v) is 1.42. The first kappa shape index (κ1) is 8.04. The third-order valence-corrected chi connectivity index (χ3v) is 2.04. The third-order valence-electron chi connectivity index (χ3n) is 2.04. The molecule has 0 spiro atoms. The van der Waals surface area contributed by atoms with Gasteiger partial charge in [-0.1, -0.05) is 0 Å². The Morgan fingerprint density at radius 1 is 1.54 bits per heavy atom. The summed E-state index contributed by atoms with van der Waals surface area (Å²) in [6.45, 7) is 1.94. The molecule has 68 valence electrons. The number of aromatic nitrogens is 3. The van der Waals surface area contributed by atoms with Crippen molar-refractivity contribution in [2.75, 3.05) is 0 Å². The first-order chi connectivity index (χ1) is 6.18. The van der Waals surface area contributed by atoms with E-state index < -0.39 is 0 Å². The maximum absolute atomic E-state index is 5.30. The molecule has 0 saturated carbocycles. The SMILES string of the molecule is Cc1ncoc1-c1c[n+](C)cn1C. The zero-order valence-corrected chi connectivity index (χ0v) is 7.98. The third kappa shape index (κ3) is 1.24. The number of nitrogens with zero attached hydrogens (tertiary/aromatic N) is 3. The average molecular weight is 178 g/mol. The van der Waals surface area contributed by atoms with Gasteiger partial charge in [-0.25, -0.2) is 14.1 Å². The second kappa shape index (κ2) is 2.73. The number of hydrogen-bond acceptors (Lipinski definition) is 2. The van der Waals surface area contributed by atoms with Gasteiger partial charge in [-0.3, -0.25) is 0 Å². The molecular weight excluding hydrogens is 166 g/mol. The molecule has 0 amide bonds. The lowest BCUT2D eigenvalue weighted by Crippen LogP contribution is -2.23. The standard InChI is InChI=1S/C9H12N3O/c1-7-9(13-5-10-7)8-4-11(2)6-12(8)3/h4-6H,1-3H3/q+1. The monoisotopic (exact) mass is 178 g/mol. The van der Waals surface area contributed by atoms with E-state index in [1.54, 1.807) is 0 Å². The summed E-state index contributed by atoms with van der Waals surface area (Å²) in [6, 6.07) is 0. The molecule has 2 aromatic heterocycles. The van der Waals surface area contributed by atoms with E-state index in [4.69, 9.17) is 4.42 Å². The van der Waals surface area contributed by atoms with Crippen LogP contribution in [0.2, 0.25) is 0 Å². The molecule has 0 atom stereocenters. The fourth-order valence-electron chi connectivity index (χ4n) is 1.42. The molecular formula is C9H12N3O+. The van der Waals surface area contributed by atoms with Gasteiger partial charge in [0.15, 0.2) is 12.2 Å². The molecule has 13 heavy (non-hydrogen) atoms. The second-order valence-electron chi connectivity index (χ2n) is 3.17. The fraction of sp³-hybridized carbons (Fsp3) is 0.333. The largest absolute Gasteiger partial charge is 0.439 e. The molecule has 4 nitrogen and oxygen atoms in total. The molecule has 0 bridgehead atoms. The molecule has 0 aliphatic rings. The predicted octanol–water partition coefficient (Wildman–Crippen LogP) is 0.813. The Morgan fingerprint density at radius 3 is 2.77 bits per heavy atom. The molecule has 0 unspecified atom stereocenters.